The minimum Gasteiger partial charge on any atom is -0.457 e. The molecule has 2 atom stereocenters. The highest BCUT2D eigenvalue weighted by molar-refractivity contribution is 5.87. The number of nitrogens with zero attached hydrogens (tertiary/aromatic N) is 2. The van der Waals surface area contributed by atoms with Gasteiger partial charge in [-0.15, -0.1) is 0 Å². The fourth-order valence-corrected chi connectivity index (χ4v) is 4.82. The van der Waals surface area contributed by atoms with Gasteiger partial charge in [0.25, 0.3) is 0 Å². The largest absolute Gasteiger partial charge is 0.457 e. The smallest absolute Gasteiger partial charge is 0.242 e. The molecule has 0 aromatic heterocycles. The molecule has 0 radical (unpaired) electrons. The first-order valence-electron chi connectivity index (χ1n) is 13.8. The second-order valence-corrected chi connectivity index (χ2v) is 10.5. The maximum atomic E-state index is 13.1. The van der Waals surface area contributed by atoms with Gasteiger partial charge in [0, 0.05) is 25.6 Å². The van der Waals surface area contributed by atoms with Crippen molar-refractivity contribution in [3.8, 4) is 11.5 Å². The topological polar surface area (TPSA) is 117 Å². The molecule has 2 aliphatic rings. The zero-order valence-corrected chi connectivity index (χ0v) is 23.4. The number of piperidine rings is 1. The van der Waals surface area contributed by atoms with E-state index in [0.29, 0.717) is 37.6 Å². The Kier molecular flexibility index (Phi) is 9.76. The van der Waals surface area contributed by atoms with E-state index in [4.69, 9.17) is 9.47 Å². The summed E-state index contributed by atoms with van der Waals surface area (Å²) in [7, 11) is 0. The van der Waals surface area contributed by atoms with Crippen molar-refractivity contribution in [2.45, 2.75) is 52.4 Å². The summed E-state index contributed by atoms with van der Waals surface area (Å²) < 4.78 is 12.3. The van der Waals surface area contributed by atoms with Crippen LogP contribution < -0.4 is 15.4 Å². The third kappa shape index (κ3) is 7.81. The van der Waals surface area contributed by atoms with Crippen molar-refractivity contribution >= 4 is 23.6 Å². The zero-order chi connectivity index (χ0) is 28.6. The normalized spacial score (nSPS) is 20.2. The molecule has 10 nitrogen and oxygen atoms in total. The number of likely N-dealkylation sites (tertiary alicyclic amines) is 1. The molecule has 2 aliphatic heterocycles. The lowest BCUT2D eigenvalue weighted by atomic mass is 10.0. The van der Waals surface area contributed by atoms with E-state index in [1.807, 2.05) is 55.5 Å². The Morgan fingerprint density at radius 2 is 1.77 bits per heavy atom. The lowest BCUT2D eigenvalue weighted by Crippen LogP contribution is -2.59. The van der Waals surface area contributed by atoms with E-state index in [0.717, 1.165) is 11.1 Å². The quantitative estimate of drug-likeness (QED) is 0.603. The highest BCUT2D eigenvalue weighted by Crippen LogP contribution is 2.25. The van der Waals surface area contributed by atoms with E-state index in [1.54, 1.807) is 18.7 Å². The number of likely N-dealkylation sites (N-methyl/N-ethyl adjacent to an activating group) is 1. The second-order valence-electron chi connectivity index (χ2n) is 10.5. The summed E-state index contributed by atoms with van der Waals surface area (Å²) >= 11 is 0. The number of benzene rings is 2. The van der Waals surface area contributed by atoms with Gasteiger partial charge in [-0.05, 0) is 48.7 Å². The van der Waals surface area contributed by atoms with E-state index in [2.05, 4.69) is 10.6 Å². The molecule has 0 unspecified atom stereocenters. The Morgan fingerprint density at radius 1 is 1.07 bits per heavy atom. The Morgan fingerprint density at radius 3 is 2.48 bits per heavy atom. The molecule has 2 aromatic rings. The molecule has 2 N–H and O–H groups in total. The van der Waals surface area contributed by atoms with Gasteiger partial charge in [-0.1, -0.05) is 38.1 Å². The second kappa shape index (κ2) is 13.4. The minimum absolute atomic E-state index is 0.102. The molecular formula is C30H38N4O6. The summed E-state index contributed by atoms with van der Waals surface area (Å²) in [6.07, 6.45) is 0.296. The van der Waals surface area contributed by atoms with E-state index in [-0.39, 0.29) is 61.7 Å². The first kappa shape index (κ1) is 29.1. The van der Waals surface area contributed by atoms with Crippen LogP contribution in [0.3, 0.4) is 0 Å². The van der Waals surface area contributed by atoms with Crippen molar-refractivity contribution in [1.82, 2.24) is 20.4 Å². The number of amides is 4. The van der Waals surface area contributed by atoms with Gasteiger partial charge in [0.1, 0.15) is 11.5 Å². The van der Waals surface area contributed by atoms with Crippen LogP contribution in [0.2, 0.25) is 0 Å². The van der Waals surface area contributed by atoms with Crippen LogP contribution in [0.15, 0.2) is 48.5 Å². The highest BCUT2D eigenvalue weighted by Gasteiger charge is 2.34. The van der Waals surface area contributed by atoms with Crippen LogP contribution >= 0.6 is 0 Å². The molecule has 1 saturated heterocycles. The van der Waals surface area contributed by atoms with E-state index < -0.39 is 6.04 Å². The standard InChI is InChI=1S/C30H38N4O6/c1-4-33-18-27(35)32-25-17-34(29(37)16-31-30(38)20(2)3)12-11-26(25)39-19-22-8-6-10-24(14-22)40-23-9-5-7-21(13-23)15-28(33)36/h5-10,13-14,20,25-26H,4,11-12,15-19H2,1-3H3,(H,31,38)(H,32,35)/t25-,26-/m0/s1. The van der Waals surface area contributed by atoms with Crippen molar-refractivity contribution in [2.75, 3.05) is 32.7 Å². The fraction of sp³-hybridized carbons (Fsp3) is 0.467. The van der Waals surface area contributed by atoms with Crippen LogP contribution in [0.25, 0.3) is 0 Å². The number of hydrogen-bond donors (Lipinski definition) is 2. The highest BCUT2D eigenvalue weighted by atomic mass is 16.5. The Balaban J connectivity index is 1.54. The van der Waals surface area contributed by atoms with Crippen molar-refractivity contribution in [2.24, 2.45) is 5.92 Å². The number of carbonyl (C=O) groups is 4. The van der Waals surface area contributed by atoms with E-state index >= 15 is 0 Å². The SMILES string of the molecule is CCN1CC(=O)N[C@H]2CN(C(=O)CNC(=O)C(C)C)CC[C@@H]2OCc2cccc(c2)Oc2cccc(c2)CC1=O. The molecule has 0 saturated carbocycles. The zero-order valence-electron chi connectivity index (χ0n) is 23.4. The summed E-state index contributed by atoms with van der Waals surface area (Å²) in [6, 6.07) is 14.5. The predicted octanol–water partition coefficient (Wildman–Crippen LogP) is 2.26. The van der Waals surface area contributed by atoms with Crippen LogP contribution in [-0.2, 0) is 36.9 Å². The molecule has 0 aliphatic carbocycles. The summed E-state index contributed by atoms with van der Waals surface area (Å²) in [4.78, 5) is 54.2. The fourth-order valence-electron chi connectivity index (χ4n) is 4.82. The maximum absolute atomic E-state index is 13.1. The van der Waals surface area contributed by atoms with Crippen LogP contribution in [0.1, 0.15) is 38.3 Å². The third-order valence-electron chi connectivity index (χ3n) is 7.11. The Hall–Kier alpha value is -3.92. The van der Waals surface area contributed by atoms with Crippen LogP contribution in [0.5, 0.6) is 11.5 Å². The summed E-state index contributed by atoms with van der Waals surface area (Å²) in [5, 5.41) is 5.68. The number of hydrogen-bond acceptors (Lipinski definition) is 6. The molecule has 214 valence electrons. The Bertz CT molecular complexity index is 1230. The van der Waals surface area contributed by atoms with Crippen molar-refractivity contribution < 1.29 is 28.7 Å². The van der Waals surface area contributed by atoms with Gasteiger partial charge in [0.2, 0.25) is 23.6 Å². The van der Waals surface area contributed by atoms with Crippen LogP contribution in [-0.4, -0.2) is 78.3 Å². The monoisotopic (exact) mass is 550 g/mol. The summed E-state index contributed by atoms with van der Waals surface area (Å²) in [5.74, 6) is 0.146. The molecule has 2 aromatic carbocycles. The Labute approximate surface area is 235 Å². The van der Waals surface area contributed by atoms with E-state index in [1.165, 1.54) is 4.90 Å². The number of fused-ring (bicyclic) bond motifs is 5. The molecule has 40 heavy (non-hydrogen) atoms. The molecule has 4 bridgehead atoms. The molecule has 4 amide bonds. The van der Waals surface area contributed by atoms with Gasteiger partial charge in [-0.25, -0.2) is 0 Å². The first-order chi connectivity index (χ1) is 19.2. The average molecular weight is 551 g/mol. The van der Waals surface area contributed by atoms with Gasteiger partial charge in [0.05, 0.1) is 38.3 Å². The molecule has 0 spiro atoms. The van der Waals surface area contributed by atoms with Gasteiger partial charge in [-0.2, -0.15) is 0 Å². The molecule has 1 fully saturated rings. The van der Waals surface area contributed by atoms with Crippen LogP contribution in [0, 0.1) is 5.92 Å². The lowest BCUT2D eigenvalue weighted by molar-refractivity contribution is -0.139. The van der Waals surface area contributed by atoms with Gasteiger partial charge < -0.3 is 29.9 Å². The molecular weight excluding hydrogens is 512 g/mol. The predicted molar refractivity (Wildman–Crippen MR) is 148 cm³/mol. The average Bonchev–Trinajstić information content (AvgIpc) is 2.93. The van der Waals surface area contributed by atoms with Gasteiger partial charge in [0.15, 0.2) is 0 Å². The summed E-state index contributed by atoms with van der Waals surface area (Å²) in [6.45, 7) is 6.50. The molecule has 4 rings (SSSR count). The molecule has 2 heterocycles. The number of ether oxygens (including phenoxy) is 2. The van der Waals surface area contributed by atoms with Crippen molar-refractivity contribution in [3.63, 3.8) is 0 Å². The minimum atomic E-state index is -0.482. The number of rotatable bonds is 4. The lowest BCUT2D eigenvalue weighted by Gasteiger charge is -2.39. The first-order valence-corrected chi connectivity index (χ1v) is 13.8. The third-order valence-corrected chi connectivity index (χ3v) is 7.11. The van der Waals surface area contributed by atoms with Crippen molar-refractivity contribution in [3.05, 3.63) is 59.7 Å². The van der Waals surface area contributed by atoms with Crippen molar-refractivity contribution in [1.29, 1.82) is 0 Å². The number of nitrogens with one attached hydrogen (secondary N) is 2. The van der Waals surface area contributed by atoms with Crippen LogP contribution in [0.4, 0.5) is 0 Å². The van der Waals surface area contributed by atoms with E-state index in [9.17, 15) is 19.2 Å². The number of carbonyl (C=O) groups excluding carboxylic acids is 4. The van der Waals surface area contributed by atoms with Gasteiger partial charge >= 0.3 is 0 Å². The maximum Gasteiger partial charge on any atom is 0.242 e. The van der Waals surface area contributed by atoms with Gasteiger partial charge in [-0.3, -0.25) is 19.2 Å². The summed E-state index contributed by atoms with van der Waals surface area (Å²) in [5.41, 5.74) is 1.70. The molecule has 10 heteroatoms.